The number of carbonyl (C=O) groups excluding carboxylic acids is 1. The van der Waals surface area contributed by atoms with Crippen molar-refractivity contribution in [1.82, 2.24) is 4.31 Å². The van der Waals surface area contributed by atoms with Crippen molar-refractivity contribution in [2.24, 2.45) is 0 Å². The van der Waals surface area contributed by atoms with E-state index >= 15 is 0 Å². The fourth-order valence-electron chi connectivity index (χ4n) is 2.32. The Morgan fingerprint density at radius 1 is 1.16 bits per heavy atom. The summed E-state index contributed by atoms with van der Waals surface area (Å²) in [5, 5.41) is 0. The fraction of sp³-hybridized carbons (Fsp3) is 0.462. The highest BCUT2D eigenvalue weighted by molar-refractivity contribution is 7.88. The van der Waals surface area contributed by atoms with E-state index in [9.17, 15) is 13.2 Å². The summed E-state index contributed by atoms with van der Waals surface area (Å²) >= 11 is 0. The molecule has 1 aromatic carbocycles. The van der Waals surface area contributed by atoms with E-state index < -0.39 is 10.0 Å². The second-order valence-corrected chi connectivity index (χ2v) is 6.81. The number of carbonyl (C=O) groups is 1. The Morgan fingerprint density at radius 2 is 1.79 bits per heavy atom. The highest BCUT2D eigenvalue weighted by atomic mass is 32.2. The number of anilines is 1. The normalized spacial score (nSPS) is 17.5. The van der Waals surface area contributed by atoms with E-state index in [4.69, 9.17) is 0 Å². The van der Waals surface area contributed by atoms with Crippen molar-refractivity contribution in [2.45, 2.75) is 6.92 Å². The average Bonchev–Trinajstić information content (AvgIpc) is 2.37. The molecule has 0 aliphatic carbocycles. The molecule has 0 unspecified atom stereocenters. The monoisotopic (exact) mass is 282 g/mol. The maximum absolute atomic E-state index is 11.4. The van der Waals surface area contributed by atoms with Crippen LogP contribution in [0.2, 0.25) is 0 Å². The first-order valence-corrected chi connectivity index (χ1v) is 8.02. The molecule has 0 radical (unpaired) electrons. The molecular weight excluding hydrogens is 264 g/mol. The maximum atomic E-state index is 11.4. The van der Waals surface area contributed by atoms with Crippen LogP contribution in [0.5, 0.6) is 0 Å². The van der Waals surface area contributed by atoms with Gasteiger partial charge in [0.15, 0.2) is 6.29 Å². The molecule has 1 heterocycles. The van der Waals surface area contributed by atoms with Gasteiger partial charge in [0, 0.05) is 37.4 Å². The lowest BCUT2D eigenvalue weighted by Gasteiger charge is -2.35. The Labute approximate surface area is 113 Å². The molecule has 0 atom stereocenters. The SMILES string of the molecule is Cc1ccc(N2CCN(S(C)(=O)=O)CC2)c(C=O)c1. The van der Waals surface area contributed by atoms with Crippen LogP contribution < -0.4 is 4.90 Å². The Bertz CT molecular complexity index is 576. The minimum absolute atomic E-state index is 0.463. The van der Waals surface area contributed by atoms with E-state index in [1.807, 2.05) is 25.1 Å². The van der Waals surface area contributed by atoms with Crippen LogP contribution in [-0.4, -0.2) is 51.4 Å². The number of hydrogen-bond acceptors (Lipinski definition) is 4. The molecule has 0 aromatic heterocycles. The molecular formula is C13H18N2O3S. The summed E-state index contributed by atoms with van der Waals surface area (Å²) in [4.78, 5) is 13.2. The molecule has 0 spiro atoms. The predicted molar refractivity (Wildman–Crippen MR) is 75.2 cm³/mol. The summed E-state index contributed by atoms with van der Waals surface area (Å²) in [5.74, 6) is 0. The minimum atomic E-state index is -3.12. The Hall–Kier alpha value is -1.40. The van der Waals surface area contributed by atoms with E-state index in [-0.39, 0.29) is 0 Å². The number of hydrogen-bond donors (Lipinski definition) is 0. The summed E-state index contributed by atoms with van der Waals surface area (Å²) in [5.41, 5.74) is 2.59. The molecule has 6 heteroatoms. The van der Waals surface area contributed by atoms with Crippen molar-refractivity contribution >= 4 is 22.0 Å². The molecule has 19 heavy (non-hydrogen) atoms. The van der Waals surface area contributed by atoms with Gasteiger partial charge >= 0.3 is 0 Å². The first-order chi connectivity index (χ1) is 8.91. The highest BCUT2D eigenvalue weighted by Gasteiger charge is 2.24. The second-order valence-electron chi connectivity index (χ2n) is 4.83. The van der Waals surface area contributed by atoms with Crippen LogP contribution in [0, 0.1) is 6.92 Å². The lowest BCUT2D eigenvalue weighted by molar-refractivity contribution is 0.112. The van der Waals surface area contributed by atoms with E-state index in [2.05, 4.69) is 4.90 Å². The molecule has 0 N–H and O–H groups in total. The molecule has 1 aliphatic heterocycles. The molecule has 1 aromatic rings. The third-order valence-electron chi connectivity index (χ3n) is 3.36. The topological polar surface area (TPSA) is 57.7 Å². The van der Waals surface area contributed by atoms with Gasteiger partial charge < -0.3 is 4.90 Å². The molecule has 2 rings (SSSR count). The van der Waals surface area contributed by atoms with E-state index in [0.717, 1.165) is 17.5 Å². The van der Waals surface area contributed by atoms with Crippen LogP contribution in [0.3, 0.4) is 0 Å². The Kier molecular flexibility index (Phi) is 3.91. The standard InChI is InChI=1S/C13H18N2O3S/c1-11-3-4-13(12(9-11)10-16)14-5-7-15(8-6-14)19(2,17)18/h3-4,9-10H,5-8H2,1-2H3. The number of benzene rings is 1. The van der Waals surface area contributed by atoms with Crippen molar-refractivity contribution < 1.29 is 13.2 Å². The number of nitrogens with zero attached hydrogens (tertiary/aromatic N) is 2. The lowest BCUT2D eigenvalue weighted by Crippen LogP contribution is -2.48. The van der Waals surface area contributed by atoms with Crippen molar-refractivity contribution in [1.29, 1.82) is 0 Å². The zero-order valence-electron chi connectivity index (χ0n) is 11.2. The molecule has 1 aliphatic rings. The van der Waals surface area contributed by atoms with Gasteiger partial charge in [-0.2, -0.15) is 4.31 Å². The summed E-state index contributed by atoms with van der Waals surface area (Å²) in [7, 11) is -3.12. The summed E-state index contributed by atoms with van der Waals surface area (Å²) in [6.07, 6.45) is 2.08. The van der Waals surface area contributed by atoms with Crippen LogP contribution in [-0.2, 0) is 10.0 Å². The first-order valence-electron chi connectivity index (χ1n) is 6.18. The minimum Gasteiger partial charge on any atom is -0.368 e. The van der Waals surface area contributed by atoms with Gasteiger partial charge in [-0.15, -0.1) is 0 Å². The zero-order valence-corrected chi connectivity index (χ0v) is 12.0. The van der Waals surface area contributed by atoms with Gasteiger partial charge in [0.1, 0.15) is 0 Å². The van der Waals surface area contributed by atoms with Crippen molar-refractivity contribution in [3.63, 3.8) is 0 Å². The molecule has 5 nitrogen and oxygen atoms in total. The van der Waals surface area contributed by atoms with Crippen molar-refractivity contribution in [3.05, 3.63) is 29.3 Å². The van der Waals surface area contributed by atoms with Gasteiger partial charge in [0.05, 0.1) is 6.26 Å². The van der Waals surface area contributed by atoms with Gasteiger partial charge in [-0.1, -0.05) is 11.6 Å². The third kappa shape index (κ3) is 3.13. The van der Waals surface area contributed by atoms with Crippen LogP contribution in [0.4, 0.5) is 5.69 Å². The molecule has 0 bridgehead atoms. The maximum Gasteiger partial charge on any atom is 0.211 e. The zero-order chi connectivity index (χ0) is 14.0. The highest BCUT2D eigenvalue weighted by Crippen LogP contribution is 2.22. The van der Waals surface area contributed by atoms with Gasteiger partial charge in [0.25, 0.3) is 0 Å². The Morgan fingerprint density at radius 3 is 2.32 bits per heavy atom. The molecule has 0 amide bonds. The second kappa shape index (κ2) is 5.30. The number of piperazine rings is 1. The van der Waals surface area contributed by atoms with E-state index in [0.29, 0.717) is 31.7 Å². The smallest absolute Gasteiger partial charge is 0.211 e. The van der Waals surface area contributed by atoms with Crippen LogP contribution in [0.15, 0.2) is 18.2 Å². The largest absolute Gasteiger partial charge is 0.368 e. The predicted octanol–water partition coefficient (Wildman–Crippen LogP) is 0.889. The summed E-state index contributed by atoms with van der Waals surface area (Å²) in [6, 6.07) is 5.74. The third-order valence-corrected chi connectivity index (χ3v) is 4.66. The van der Waals surface area contributed by atoms with Crippen LogP contribution in [0.25, 0.3) is 0 Å². The van der Waals surface area contributed by atoms with E-state index in [1.165, 1.54) is 10.6 Å². The lowest BCUT2D eigenvalue weighted by atomic mass is 10.1. The van der Waals surface area contributed by atoms with Crippen LogP contribution in [0.1, 0.15) is 15.9 Å². The van der Waals surface area contributed by atoms with Crippen molar-refractivity contribution in [3.8, 4) is 0 Å². The molecule has 1 fully saturated rings. The quantitative estimate of drug-likeness (QED) is 0.773. The summed E-state index contributed by atoms with van der Waals surface area (Å²) in [6.45, 7) is 4.09. The average molecular weight is 282 g/mol. The molecule has 104 valence electrons. The molecule has 1 saturated heterocycles. The van der Waals surface area contributed by atoms with Crippen LogP contribution >= 0.6 is 0 Å². The molecule has 0 saturated carbocycles. The fourth-order valence-corrected chi connectivity index (χ4v) is 3.14. The number of aryl methyl sites for hydroxylation is 1. The van der Waals surface area contributed by atoms with Crippen molar-refractivity contribution in [2.75, 3.05) is 37.3 Å². The van der Waals surface area contributed by atoms with Gasteiger partial charge in [-0.05, 0) is 19.1 Å². The number of sulfonamides is 1. The number of rotatable bonds is 3. The van der Waals surface area contributed by atoms with Gasteiger partial charge in [-0.25, -0.2) is 8.42 Å². The Balaban J connectivity index is 2.16. The summed E-state index contributed by atoms with van der Waals surface area (Å²) < 4.78 is 24.4. The first kappa shape index (κ1) is 14.0. The number of aldehydes is 1. The van der Waals surface area contributed by atoms with Gasteiger partial charge in [0.2, 0.25) is 10.0 Å². The van der Waals surface area contributed by atoms with Gasteiger partial charge in [-0.3, -0.25) is 4.79 Å². The van der Waals surface area contributed by atoms with E-state index in [1.54, 1.807) is 0 Å².